The molecule has 0 saturated heterocycles. The first-order chi connectivity index (χ1) is 15.9. The SMILES string of the molecule is CC(C)CCN(C1CCC(F)(F)CC1)C1CCC(CC(=O)O)CC1c1ccc(C(F)(F)F)cc1. The van der Waals surface area contributed by atoms with E-state index in [0.29, 0.717) is 31.6 Å². The lowest BCUT2D eigenvalue weighted by Gasteiger charge is -2.48. The standard InChI is InChI=1S/C26H36F5NO2/c1-17(2)11-14-32(21-9-12-25(27,28)13-10-21)23-8-3-18(16-24(33)34)15-22(23)19-4-6-20(7-5-19)26(29,30)31/h4-7,17-18,21-23H,3,8-16H2,1-2H3,(H,33,34). The normalized spacial score (nSPS) is 26.2. The summed E-state index contributed by atoms with van der Waals surface area (Å²) in [7, 11) is 0. The summed E-state index contributed by atoms with van der Waals surface area (Å²) in [6, 6.07) is 5.21. The Kier molecular flexibility index (Phi) is 8.64. The molecule has 2 saturated carbocycles. The lowest BCUT2D eigenvalue weighted by molar-refractivity contribution is -0.139. The van der Waals surface area contributed by atoms with Crippen LogP contribution in [0.5, 0.6) is 0 Å². The van der Waals surface area contributed by atoms with Gasteiger partial charge in [0, 0.05) is 31.3 Å². The summed E-state index contributed by atoms with van der Waals surface area (Å²) >= 11 is 0. The molecule has 0 aliphatic heterocycles. The van der Waals surface area contributed by atoms with Crippen molar-refractivity contribution in [2.24, 2.45) is 11.8 Å². The molecule has 1 N–H and O–H groups in total. The Hall–Kier alpha value is -1.70. The van der Waals surface area contributed by atoms with Gasteiger partial charge in [-0.2, -0.15) is 13.2 Å². The van der Waals surface area contributed by atoms with Gasteiger partial charge in [0.1, 0.15) is 0 Å². The molecule has 2 fully saturated rings. The van der Waals surface area contributed by atoms with E-state index in [4.69, 9.17) is 0 Å². The summed E-state index contributed by atoms with van der Waals surface area (Å²) in [5.74, 6) is -3.26. The summed E-state index contributed by atoms with van der Waals surface area (Å²) in [4.78, 5) is 13.7. The molecule has 3 rings (SSSR count). The number of carbonyl (C=O) groups is 1. The average Bonchev–Trinajstić information content (AvgIpc) is 2.74. The molecule has 2 aliphatic rings. The Morgan fingerprint density at radius 1 is 1.09 bits per heavy atom. The molecule has 192 valence electrons. The van der Waals surface area contributed by atoms with Crippen LogP contribution >= 0.6 is 0 Å². The molecule has 0 spiro atoms. The Morgan fingerprint density at radius 3 is 2.24 bits per heavy atom. The van der Waals surface area contributed by atoms with E-state index in [9.17, 15) is 31.9 Å². The van der Waals surface area contributed by atoms with Crippen molar-refractivity contribution in [2.45, 2.75) is 102 Å². The molecular formula is C26H36F5NO2. The van der Waals surface area contributed by atoms with E-state index in [2.05, 4.69) is 18.7 Å². The maximum atomic E-state index is 13.9. The van der Waals surface area contributed by atoms with Gasteiger partial charge in [0.15, 0.2) is 0 Å². The second kappa shape index (κ2) is 10.9. The highest BCUT2D eigenvalue weighted by molar-refractivity contribution is 5.67. The highest BCUT2D eigenvalue weighted by atomic mass is 19.4. The van der Waals surface area contributed by atoms with Crippen LogP contribution in [-0.4, -0.2) is 40.5 Å². The van der Waals surface area contributed by atoms with Crippen LogP contribution in [0.25, 0.3) is 0 Å². The maximum Gasteiger partial charge on any atom is 0.416 e. The maximum absolute atomic E-state index is 13.9. The first-order valence-electron chi connectivity index (χ1n) is 12.4. The van der Waals surface area contributed by atoms with Crippen molar-refractivity contribution >= 4 is 5.97 Å². The van der Waals surface area contributed by atoms with Crippen molar-refractivity contribution in [1.82, 2.24) is 4.90 Å². The molecule has 0 aromatic heterocycles. The second-order valence-corrected chi connectivity index (χ2v) is 10.6. The number of alkyl halides is 5. The number of nitrogens with zero attached hydrogens (tertiary/aromatic N) is 1. The van der Waals surface area contributed by atoms with Crippen LogP contribution in [0.4, 0.5) is 22.0 Å². The van der Waals surface area contributed by atoms with E-state index in [1.54, 1.807) is 0 Å². The van der Waals surface area contributed by atoms with Gasteiger partial charge in [0.25, 0.3) is 0 Å². The molecule has 3 atom stereocenters. The monoisotopic (exact) mass is 489 g/mol. The van der Waals surface area contributed by atoms with Crippen molar-refractivity contribution in [3.05, 3.63) is 35.4 Å². The van der Waals surface area contributed by atoms with E-state index in [1.807, 2.05) is 0 Å². The molecule has 3 unspecified atom stereocenters. The molecule has 1 aromatic rings. The minimum Gasteiger partial charge on any atom is -0.481 e. The lowest BCUT2D eigenvalue weighted by Crippen LogP contribution is -2.51. The predicted octanol–water partition coefficient (Wildman–Crippen LogP) is 7.36. The number of hydrogen-bond acceptors (Lipinski definition) is 2. The minimum atomic E-state index is -4.42. The zero-order valence-corrected chi connectivity index (χ0v) is 20.0. The van der Waals surface area contributed by atoms with E-state index >= 15 is 0 Å². The third-order valence-corrected chi connectivity index (χ3v) is 7.60. The molecule has 8 heteroatoms. The third-order valence-electron chi connectivity index (χ3n) is 7.60. The quantitative estimate of drug-likeness (QED) is 0.388. The van der Waals surface area contributed by atoms with Gasteiger partial charge in [-0.15, -0.1) is 0 Å². The van der Waals surface area contributed by atoms with Crippen LogP contribution in [0, 0.1) is 11.8 Å². The Labute approximate surface area is 198 Å². The van der Waals surface area contributed by atoms with E-state index < -0.39 is 23.6 Å². The van der Waals surface area contributed by atoms with Crippen molar-refractivity contribution < 1.29 is 31.9 Å². The van der Waals surface area contributed by atoms with Gasteiger partial charge in [-0.05, 0) is 80.5 Å². The summed E-state index contributed by atoms with van der Waals surface area (Å²) in [6.45, 7) is 4.98. The van der Waals surface area contributed by atoms with Crippen LogP contribution < -0.4 is 0 Å². The third kappa shape index (κ3) is 7.15. The van der Waals surface area contributed by atoms with E-state index in [-0.39, 0.29) is 43.2 Å². The first-order valence-corrected chi connectivity index (χ1v) is 12.4. The number of hydrogen-bond donors (Lipinski definition) is 1. The highest BCUT2D eigenvalue weighted by Gasteiger charge is 2.42. The van der Waals surface area contributed by atoms with Crippen LogP contribution in [0.2, 0.25) is 0 Å². The van der Waals surface area contributed by atoms with Crippen LogP contribution in [0.15, 0.2) is 24.3 Å². The number of rotatable bonds is 8. The predicted molar refractivity (Wildman–Crippen MR) is 121 cm³/mol. The molecular weight excluding hydrogens is 453 g/mol. The number of carboxylic acid groups (broad SMARTS) is 1. The second-order valence-electron chi connectivity index (χ2n) is 10.6. The fraction of sp³-hybridized carbons (Fsp3) is 0.731. The molecule has 34 heavy (non-hydrogen) atoms. The minimum absolute atomic E-state index is 0.00254. The van der Waals surface area contributed by atoms with Gasteiger partial charge in [0.2, 0.25) is 5.92 Å². The van der Waals surface area contributed by atoms with E-state index in [0.717, 1.165) is 37.1 Å². The fourth-order valence-electron chi connectivity index (χ4n) is 5.73. The number of benzene rings is 1. The molecule has 0 heterocycles. The Bertz CT molecular complexity index is 798. The average molecular weight is 490 g/mol. The number of halogens is 5. The van der Waals surface area contributed by atoms with Gasteiger partial charge in [-0.25, -0.2) is 8.78 Å². The summed E-state index contributed by atoms with van der Waals surface area (Å²) in [5, 5.41) is 9.32. The van der Waals surface area contributed by atoms with Crippen LogP contribution in [0.3, 0.4) is 0 Å². The van der Waals surface area contributed by atoms with Crippen LogP contribution in [0.1, 0.15) is 88.7 Å². The van der Waals surface area contributed by atoms with Crippen molar-refractivity contribution in [2.75, 3.05) is 6.54 Å². The summed E-state index contributed by atoms with van der Waals surface area (Å²) < 4.78 is 67.1. The van der Waals surface area contributed by atoms with Crippen molar-refractivity contribution in [1.29, 1.82) is 0 Å². The number of carboxylic acids is 1. The van der Waals surface area contributed by atoms with Gasteiger partial charge in [-0.1, -0.05) is 26.0 Å². The summed E-state index contributed by atoms with van der Waals surface area (Å²) in [6.07, 6.45) is -0.961. The molecule has 2 aliphatic carbocycles. The zero-order chi connectivity index (χ0) is 25.1. The van der Waals surface area contributed by atoms with Gasteiger partial charge >= 0.3 is 12.1 Å². The largest absolute Gasteiger partial charge is 0.481 e. The van der Waals surface area contributed by atoms with E-state index in [1.165, 1.54) is 12.1 Å². The van der Waals surface area contributed by atoms with Gasteiger partial charge in [-0.3, -0.25) is 9.69 Å². The molecule has 0 bridgehead atoms. The topological polar surface area (TPSA) is 40.5 Å². The molecule has 3 nitrogen and oxygen atoms in total. The molecule has 0 radical (unpaired) electrons. The van der Waals surface area contributed by atoms with Gasteiger partial charge < -0.3 is 5.11 Å². The first kappa shape index (κ1) is 26.9. The lowest BCUT2D eigenvalue weighted by atomic mass is 9.72. The molecule has 0 amide bonds. The fourth-order valence-corrected chi connectivity index (χ4v) is 5.73. The van der Waals surface area contributed by atoms with Crippen LogP contribution in [-0.2, 0) is 11.0 Å². The Morgan fingerprint density at radius 2 is 1.71 bits per heavy atom. The Balaban J connectivity index is 1.90. The van der Waals surface area contributed by atoms with Gasteiger partial charge in [0.05, 0.1) is 5.56 Å². The van der Waals surface area contributed by atoms with Crippen molar-refractivity contribution in [3.63, 3.8) is 0 Å². The smallest absolute Gasteiger partial charge is 0.416 e. The zero-order valence-electron chi connectivity index (χ0n) is 20.0. The van der Waals surface area contributed by atoms with Crippen molar-refractivity contribution in [3.8, 4) is 0 Å². The molecule has 1 aromatic carbocycles. The highest BCUT2D eigenvalue weighted by Crippen LogP contribution is 2.44. The summed E-state index contributed by atoms with van der Waals surface area (Å²) in [5.41, 5.74) is 0.0562. The number of aliphatic carboxylic acids is 1.